The molecule has 1 aliphatic heterocycles. The van der Waals surface area contributed by atoms with Crippen molar-refractivity contribution in [1.82, 2.24) is 9.88 Å². The highest BCUT2D eigenvalue weighted by molar-refractivity contribution is 5.98. The van der Waals surface area contributed by atoms with Gasteiger partial charge in [-0.2, -0.15) is 0 Å². The van der Waals surface area contributed by atoms with Crippen molar-refractivity contribution in [3.8, 4) is 5.75 Å². The number of hydrogen-bond donors (Lipinski definition) is 2. The van der Waals surface area contributed by atoms with Crippen LogP contribution in [0.2, 0.25) is 0 Å². The lowest BCUT2D eigenvalue weighted by molar-refractivity contribution is -0.0382. The lowest BCUT2D eigenvalue weighted by atomic mass is 9.85. The van der Waals surface area contributed by atoms with Crippen LogP contribution in [0.25, 0.3) is 10.9 Å². The average molecular weight is 423 g/mol. The van der Waals surface area contributed by atoms with Crippen molar-refractivity contribution < 1.29 is 19.4 Å². The zero-order valence-electron chi connectivity index (χ0n) is 18.4. The molecule has 0 saturated carbocycles. The minimum atomic E-state index is -0.959. The topological polar surface area (TPSA) is 74.8 Å². The van der Waals surface area contributed by atoms with E-state index in [-0.39, 0.29) is 5.97 Å². The number of H-pyrrole nitrogens is 1. The standard InChI is InChI=1S/C25H30N2O4/c1-4-31-24(28)23-21(20-13-17(2)9-10-22(20)26-23)15-27-12-6-11-25(29,16-27)18-7-5-8-19(14-18)30-3/h5,7-10,13-14,26,29H,4,6,11-12,15-16H2,1-3H3. The van der Waals surface area contributed by atoms with Gasteiger partial charge in [-0.3, -0.25) is 4.90 Å². The Morgan fingerprint density at radius 3 is 2.87 bits per heavy atom. The molecule has 1 aliphatic rings. The van der Waals surface area contributed by atoms with E-state index in [0.29, 0.717) is 31.8 Å². The van der Waals surface area contributed by atoms with Crippen LogP contribution in [-0.4, -0.2) is 47.8 Å². The highest BCUT2D eigenvalue weighted by Gasteiger charge is 2.36. The molecule has 6 nitrogen and oxygen atoms in total. The molecule has 2 heterocycles. The quantitative estimate of drug-likeness (QED) is 0.584. The van der Waals surface area contributed by atoms with Crippen LogP contribution in [0.5, 0.6) is 5.75 Å². The Balaban J connectivity index is 1.66. The number of hydrogen-bond acceptors (Lipinski definition) is 5. The molecule has 0 spiro atoms. The molecule has 6 heteroatoms. The Kier molecular flexibility index (Phi) is 6.03. The molecule has 0 aliphatic carbocycles. The number of aliphatic hydroxyl groups is 1. The number of carbonyl (C=O) groups excluding carboxylic acids is 1. The summed E-state index contributed by atoms with van der Waals surface area (Å²) in [5, 5.41) is 12.5. The van der Waals surface area contributed by atoms with Crippen LogP contribution in [0.4, 0.5) is 0 Å². The largest absolute Gasteiger partial charge is 0.497 e. The van der Waals surface area contributed by atoms with E-state index in [1.54, 1.807) is 7.11 Å². The Morgan fingerprint density at radius 1 is 1.26 bits per heavy atom. The molecule has 1 fully saturated rings. The maximum absolute atomic E-state index is 12.6. The maximum Gasteiger partial charge on any atom is 0.355 e. The number of nitrogens with zero attached hydrogens (tertiary/aromatic N) is 1. The second-order valence-corrected chi connectivity index (χ2v) is 8.33. The summed E-state index contributed by atoms with van der Waals surface area (Å²) in [7, 11) is 1.63. The van der Waals surface area contributed by atoms with Gasteiger partial charge in [0.15, 0.2) is 0 Å². The van der Waals surface area contributed by atoms with Crippen molar-refractivity contribution in [3.05, 3.63) is 64.8 Å². The van der Waals surface area contributed by atoms with Crippen LogP contribution in [-0.2, 0) is 16.9 Å². The van der Waals surface area contributed by atoms with E-state index in [1.165, 1.54) is 0 Å². The molecule has 2 N–H and O–H groups in total. The highest BCUT2D eigenvalue weighted by atomic mass is 16.5. The molecule has 31 heavy (non-hydrogen) atoms. The number of esters is 1. The summed E-state index contributed by atoms with van der Waals surface area (Å²) in [6, 6.07) is 13.8. The lowest BCUT2D eigenvalue weighted by Crippen LogP contribution is -2.45. The SMILES string of the molecule is CCOC(=O)c1[nH]c2ccc(C)cc2c1CN1CCCC(O)(c2cccc(OC)c2)C1. The van der Waals surface area contributed by atoms with Gasteiger partial charge in [0.25, 0.3) is 0 Å². The van der Waals surface area contributed by atoms with Gasteiger partial charge >= 0.3 is 5.97 Å². The molecule has 1 saturated heterocycles. The van der Waals surface area contributed by atoms with Crippen LogP contribution in [0, 0.1) is 6.92 Å². The Hall–Kier alpha value is -2.83. The zero-order valence-corrected chi connectivity index (χ0v) is 18.4. The van der Waals surface area contributed by atoms with E-state index in [1.807, 2.05) is 50.2 Å². The van der Waals surface area contributed by atoms with Gasteiger partial charge in [0, 0.05) is 29.6 Å². The van der Waals surface area contributed by atoms with E-state index in [9.17, 15) is 9.90 Å². The molecule has 1 atom stereocenters. The summed E-state index contributed by atoms with van der Waals surface area (Å²) in [6.45, 7) is 6.08. The molecule has 3 aromatic rings. The summed E-state index contributed by atoms with van der Waals surface area (Å²) in [5.41, 5.74) is 3.37. The van der Waals surface area contributed by atoms with Crippen molar-refractivity contribution >= 4 is 16.9 Å². The smallest absolute Gasteiger partial charge is 0.355 e. The number of aromatic amines is 1. The molecular formula is C25H30N2O4. The van der Waals surface area contributed by atoms with Crippen LogP contribution >= 0.6 is 0 Å². The van der Waals surface area contributed by atoms with E-state index in [4.69, 9.17) is 9.47 Å². The van der Waals surface area contributed by atoms with Gasteiger partial charge in [-0.25, -0.2) is 4.79 Å². The van der Waals surface area contributed by atoms with Gasteiger partial charge in [0.05, 0.1) is 13.7 Å². The monoisotopic (exact) mass is 422 g/mol. The number of nitrogens with one attached hydrogen (secondary N) is 1. The number of piperidine rings is 1. The first-order valence-electron chi connectivity index (χ1n) is 10.8. The predicted octanol–water partition coefficient (Wildman–Crippen LogP) is 4.15. The molecule has 0 radical (unpaired) electrons. The number of benzene rings is 2. The first-order valence-corrected chi connectivity index (χ1v) is 10.8. The van der Waals surface area contributed by atoms with Gasteiger partial charge in [0.1, 0.15) is 17.0 Å². The van der Waals surface area contributed by atoms with Gasteiger partial charge in [0.2, 0.25) is 0 Å². The lowest BCUT2D eigenvalue weighted by Gasteiger charge is -2.39. The molecule has 164 valence electrons. The van der Waals surface area contributed by atoms with Gasteiger partial charge in [-0.1, -0.05) is 23.8 Å². The second-order valence-electron chi connectivity index (χ2n) is 8.33. The molecule has 2 aromatic carbocycles. The number of aromatic nitrogens is 1. The number of β-amino-alcohol motifs (C(OH)–C–C–N with tert-alkyl or cyclic N) is 1. The molecule has 4 rings (SSSR count). The molecule has 1 aromatic heterocycles. The zero-order chi connectivity index (χ0) is 22.0. The number of rotatable bonds is 6. The van der Waals surface area contributed by atoms with Gasteiger partial charge in [-0.05, 0) is 63.1 Å². The summed E-state index contributed by atoms with van der Waals surface area (Å²) in [4.78, 5) is 18.1. The Bertz CT molecular complexity index is 1090. The van der Waals surface area contributed by atoms with Crippen molar-refractivity contribution in [2.45, 2.75) is 38.8 Å². The maximum atomic E-state index is 12.6. The first kappa shape index (κ1) is 21.4. The molecule has 0 amide bonds. The van der Waals surface area contributed by atoms with Crippen LogP contribution in [0.15, 0.2) is 42.5 Å². The molecular weight excluding hydrogens is 392 g/mol. The summed E-state index contributed by atoms with van der Waals surface area (Å²) in [6.07, 6.45) is 1.55. The summed E-state index contributed by atoms with van der Waals surface area (Å²) < 4.78 is 10.6. The fourth-order valence-corrected chi connectivity index (χ4v) is 4.53. The molecule has 1 unspecified atom stereocenters. The first-order chi connectivity index (χ1) is 14.9. The minimum absolute atomic E-state index is 0.325. The Morgan fingerprint density at radius 2 is 2.10 bits per heavy atom. The Labute approximate surface area is 182 Å². The third-order valence-electron chi connectivity index (χ3n) is 6.08. The fraction of sp³-hybridized carbons (Fsp3) is 0.400. The predicted molar refractivity (Wildman–Crippen MR) is 120 cm³/mol. The number of aryl methyl sites for hydroxylation is 1. The van der Waals surface area contributed by atoms with E-state index >= 15 is 0 Å². The number of methoxy groups -OCH3 is 1. The van der Waals surface area contributed by atoms with Gasteiger partial charge < -0.3 is 19.6 Å². The normalized spacial score (nSPS) is 19.5. The number of carbonyl (C=O) groups is 1. The van der Waals surface area contributed by atoms with E-state index in [2.05, 4.69) is 16.0 Å². The average Bonchev–Trinajstić information content (AvgIpc) is 3.11. The van der Waals surface area contributed by atoms with Crippen molar-refractivity contribution in [2.75, 3.05) is 26.8 Å². The second kappa shape index (κ2) is 8.73. The van der Waals surface area contributed by atoms with Crippen LogP contribution in [0.3, 0.4) is 0 Å². The van der Waals surface area contributed by atoms with Crippen molar-refractivity contribution in [3.63, 3.8) is 0 Å². The van der Waals surface area contributed by atoms with Crippen LogP contribution < -0.4 is 4.74 Å². The number of likely N-dealkylation sites (tertiary alicyclic amines) is 1. The summed E-state index contributed by atoms with van der Waals surface area (Å²) in [5.74, 6) is 0.395. The summed E-state index contributed by atoms with van der Waals surface area (Å²) >= 11 is 0. The third-order valence-corrected chi connectivity index (χ3v) is 6.08. The van der Waals surface area contributed by atoms with E-state index < -0.39 is 5.60 Å². The van der Waals surface area contributed by atoms with Crippen LogP contribution in [0.1, 0.15) is 46.9 Å². The van der Waals surface area contributed by atoms with Gasteiger partial charge in [-0.15, -0.1) is 0 Å². The fourth-order valence-electron chi connectivity index (χ4n) is 4.53. The van der Waals surface area contributed by atoms with Crippen molar-refractivity contribution in [2.24, 2.45) is 0 Å². The molecule has 0 bridgehead atoms. The highest BCUT2D eigenvalue weighted by Crippen LogP contribution is 2.35. The minimum Gasteiger partial charge on any atom is -0.497 e. The third kappa shape index (κ3) is 4.31. The number of ether oxygens (including phenoxy) is 2. The van der Waals surface area contributed by atoms with Crippen molar-refractivity contribution in [1.29, 1.82) is 0 Å². The number of fused-ring (bicyclic) bond motifs is 1. The van der Waals surface area contributed by atoms with E-state index in [0.717, 1.165) is 46.3 Å².